The molecular weight excluding hydrogens is 384 g/mol. The van der Waals surface area contributed by atoms with Crippen LogP contribution in [0.15, 0.2) is 36.5 Å². The molecule has 2 aromatic heterocycles. The maximum absolute atomic E-state index is 12.5. The summed E-state index contributed by atoms with van der Waals surface area (Å²) in [5.74, 6) is 1.18. The number of benzene rings is 1. The van der Waals surface area contributed by atoms with Gasteiger partial charge in [0.1, 0.15) is 11.6 Å². The van der Waals surface area contributed by atoms with Crippen LogP contribution in [0.2, 0.25) is 0 Å². The highest BCUT2D eigenvalue weighted by Crippen LogP contribution is 2.28. The van der Waals surface area contributed by atoms with E-state index in [0.717, 1.165) is 17.0 Å². The van der Waals surface area contributed by atoms with Gasteiger partial charge in [-0.3, -0.25) is 4.79 Å². The maximum Gasteiger partial charge on any atom is 0.252 e. The SMILES string of the molecule is COc1ccc(/C=C/C(=O)Nc2c(C#N)cnn2-c2nc(C)cc(C)n2)cc1OC. The normalized spacial score (nSPS) is 10.6. The van der Waals surface area contributed by atoms with Crippen molar-refractivity contribution in [1.29, 1.82) is 5.26 Å². The lowest BCUT2D eigenvalue weighted by Crippen LogP contribution is -2.15. The lowest BCUT2D eigenvalue weighted by Gasteiger charge is -2.08. The zero-order valence-corrected chi connectivity index (χ0v) is 17.0. The number of hydrogen-bond acceptors (Lipinski definition) is 7. The van der Waals surface area contributed by atoms with E-state index in [4.69, 9.17) is 9.47 Å². The number of carbonyl (C=O) groups excluding carboxylic acids is 1. The van der Waals surface area contributed by atoms with Crippen molar-refractivity contribution < 1.29 is 14.3 Å². The highest BCUT2D eigenvalue weighted by atomic mass is 16.5. The molecule has 0 aliphatic heterocycles. The van der Waals surface area contributed by atoms with Gasteiger partial charge in [0.05, 0.1) is 20.4 Å². The van der Waals surface area contributed by atoms with Crippen LogP contribution < -0.4 is 14.8 Å². The molecular formula is C21H20N6O3. The van der Waals surface area contributed by atoms with E-state index >= 15 is 0 Å². The Kier molecular flexibility index (Phi) is 6.08. The molecule has 0 saturated heterocycles. The predicted molar refractivity (Wildman–Crippen MR) is 111 cm³/mol. The van der Waals surface area contributed by atoms with Gasteiger partial charge in [0, 0.05) is 17.5 Å². The summed E-state index contributed by atoms with van der Waals surface area (Å²) in [5.41, 5.74) is 2.44. The third-order valence-electron chi connectivity index (χ3n) is 4.13. The van der Waals surface area contributed by atoms with Crippen LogP contribution in [0.25, 0.3) is 12.0 Å². The fourth-order valence-corrected chi connectivity index (χ4v) is 2.79. The minimum atomic E-state index is -0.438. The second-order valence-electron chi connectivity index (χ2n) is 6.32. The largest absolute Gasteiger partial charge is 0.493 e. The van der Waals surface area contributed by atoms with Crippen LogP contribution in [0.1, 0.15) is 22.5 Å². The zero-order chi connectivity index (χ0) is 21.7. The first kappa shape index (κ1) is 20.5. The van der Waals surface area contributed by atoms with Gasteiger partial charge < -0.3 is 14.8 Å². The fourth-order valence-electron chi connectivity index (χ4n) is 2.79. The molecule has 0 aliphatic carbocycles. The van der Waals surface area contributed by atoms with E-state index in [1.54, 1.807) is 31.4 Å². The lowest BCUT2D eigenvalue weighted by atomic mass is 10.2. The minimum Gasteiger partial charge on any atom is -0.493 e. The lowest BCUT2D eigenvalue weighted by molar-refractivity contribution is -0.111. The van der Waals surface area contributed by atoms with Crippen molar-refractivity contribution in [1.82, 2.24) is 19.7 Å². The Balaban J connectivity index is 1.86. The summed E-state index contributed by atoms with van der Waals surface area (Å²) in [6, 6.07) is 9.12. The van der Waals surface area contributed by atoms with Crippen molar-refractivity contribution in [2.24, 2.45) is 0 Å². The van der Waals surface area contributed by atoms with Gasteiger partial charge in [0.15, 0.2) is 17.3 Å². The quantitative estimate of drug-likeness (QED) is 0.628. The average Bonchev–Trinajstić information content (AvgIpc) is 3.13. The van der Waals surface area contributed by atoms with Crippen LogP contribution in [0.5, 0.6) is 11.5 Å². The molecule has 3 aromatic rings. The van der Waals surface area contributed by atoms with Gasteiger partial charge in [-0.15, -0.1) is 0 Å². The van der Waals surface area contributed by atoms with Gasteiger partial charge in [0.2, 0.25) is 5.91 Å². The van der Waals surface area contributed by atoms with Gasteiger partial charge in [0.25, 0.3) is 5.95 Å². The molecule has 0 unspecified atom stereocenters. The molecule has 2 heterocycles. The van der Waals surface area contributed by atoms with Crippen molar-refractivity contribution in [3.05, 3.63) is 59.1 Å². The van der Waals surface area contributed by atoms with E-state index in [1.807, 2.05) is 26.0 Å². The van der Waals surface area contributed by atoms with Crippen molar-refractivity contribution in [3.8, 4) is 23.5 Å². The number of aromatic nitrogens is 4. The zero-order valence-electron chi connectivity index (χ0n) is 17.0. The summed E-state index contributed by atoms with van der Waals surface area (Å²) >= 11 is 0. The molecule has 0 atom stereocenters. The monoisotopic (exact) mass is 404 g/mol. The first-order valence-electron chi connectivity index (χ1n) is 8.97. The van der Waals surface area contributed by atoms with Crippen LogP contribution in [-0.4, -0.2) is 39.9 Å². The summed E-state index contributed by atoms with van der Waals surface area (Å²) < 4.78 is 11.8. The number of nitriles is 1. The average molecular weight is 404 g/mol. The van der Waals surface area contributed by atoms with Gasteiger partial charge in [-0.05, 0) is 43.7 Å². The minimum absolute atomic E-state index is 0.199. The van der Waals surface area contributed by atoms with E-state index in [2.05, 4.69) is 20.4 Å². The van der Waals surface area contributed by atoms with E-state index in [9.17, 15) is 10.1 Å². The Bertz CT molecular complexity index is 1140. The van der Waals surface area contributed by atoms with Gasteiger partial charge in [-0.1, -0.05) is 6.07 Å². The molecule has 0 saturated carbocycles. The van der Waals surface area contributed by atoms with Gasteiger partial charge in [-0.2, -0.15) is 15.0 Å². The Morgan fingerprint density at radius 2 is 1.83 bits per heavy atom. The van der Waals surface area contributed by atoms with Gasteiger partial charge >= 0.3 is 0 Å². The van der Waals surface area contributed by atoms with Crippen molar-refractivity contribution in [2.75, 3.05) is 19.5 Å². The Hall–Kier alpha value is -4.19. The van der Waals surface area contributed by atoms with Crippen LogP contribution in [0.4, 0.5) is 5.82 Å². The third-order valence-corrected chi connectivity index (χ3v) is 4.13. The van der Waals surface area contributed by atoms with Crippen molar-refractivity contribution in [2.45, 2.75) is 13.8 Å². The Labute approximate surface area is 173 Å². The molecule has 3 rings (SSSR count). The second-order valence-corrected chi connectivity index (χ2v) is 6.32. The number of rotatable bonds is 6. The summed E-state index contributed by atoms with van der Waals surface area (Å²) in [6.07, 6.45) is 4.33. The van der Waals surface area contributed by atoms with E-state index in [1.165, 1.54) is 24.1 Å². The molecule has 1 aromatic carbocycles. The molecule has 152 valence electrons. The smallest absolute Gasteiger partial charge is 0.252 e. The van der Waals surface area contributed by atoms with E-state index in [0.29, 0.717) is 11.5 Å². The van der Waals surface area contributed by atoms with Crippen LogP contribution in [-0.2, 0) is 4.79 Å². The first-order chi connectivity index (χ1) is 14.4. The summed E-state index contributed by atoms with van der Waals surface area (Å²) in [6.45, 7) is 3.66. The summed E-state index contributed by atoms with van der Waals surface area (Å²) in [4.78, 5) is 21.2. The Morgan fingerprint density at radius 3 is 2.47 bits per heavy atom. The molecule has 1 amide bonds. The van der Waals surface area contributed by atoms with Crippen LogP contribution in [0.3, 0.4) is 0 Å². The number of hydrogen-bond donors (Lipinski definition) is 1. The van der Waals surface area contributed by atoms with E-state index in [-0.39, 0.29) is 17.3 Å². The number of methoxy groups -OCH3 is 2. The number of nitrogens with zero attached hydrogens (tertiary/aromatic N) is 5. The Morgan fingerprint density at radius 1 is 1.13 bits per heavy atom. The number of aryl methyl sites for hydroxylation is 2. The molecule has 0 bridgehead atoms. The number of anilines is 1. The molecule has 9 heteroatoms. The molecule has 1 N–H and O–H groups in total. The van der Waals surface area contributed by atoms with Crippen molar-refractivity contribution in [3.63, 3.8) is 0 Å². The highest BCUT2D eigenvalue weighted by Gasteiger charge is 2.16. The highest BCUT2D eigenvalue weighted by molar-refractivity contribution is 6.02. The molecule has 0 radical (unpaired) electrons. The topological polar surface area (TPSA) is 115 Å². The summed E-state index contributed by atoms with van der Waals surface area (Å²) in [5, 5.41) is 16.2. The van der Waals surface area contributed by atoms with Crippen LogP contribution in [0, 0.1) is 25.2 Å². The molecule has 0 spiro atoms. The van der Waals surface area contributed by atoms with Crippen LogP contribution >= 0.6 is 0 Å². The fraction of sp³-hybridized carbons (Fsp3) is 0.190. The molecule has 0 fully saturated rings. The maximum atomic E-state index is 12.5. The number of carbonyl (C=O) groups is 1. The molecule has 30 heavy (non-hydrogen) atoms. The predicted octanol–water partition coefficient (Wildman–Crippen LogP) is 2.82. The third kappa shape index (κ3) is 4.44. The molecule has 0 aliphatic rings. The number of ether oxygens (including phenoxy) is 2. The number of amides is 1. The van der Waals surface area contributed by atoms with Crippen molar-refractivity contribution >= 4 is 17.8 Å². The standard InChI is InChI=1S/C21H20N6O3/c1-13-9-14(2)25-21(24-13)27-20(16(11-22)12-23-27)26-19(28)8-6-15-5-7-17(29-3)18(10-15)30-4/h5-10,12H,1-4H3,(H,26,28)/b8-6+. The van der Waals surface area contributed by atoms with Gasteiger partial charge in [-0.25, -0.2) is 9.97 Å². The second kappa shape index (κ2) is 8.87. The molecule has 9 nitrogen and oxygen atoms in total. The van der Waals surface area contributed by atoms with E-state index < -0.39 is 5.91 Å². The summed E-state index contributed by atoms with van der Waals surface area (Å²) in [7, 11) is 3.09. The first-order valence-corrected chi connectivity index (χ1v) is 8.97. The number of nitrogens with one attached hydrogen (secondary N) is 1.